The molecule has 3 rings (SSSR count). The summed E-state index contributed by atoms with van der Waals surface area (Å²) < 4.78 is 34.9. The molecule has 1 heterocycles. The van der Waals surface area contributed by atoms with Crippen molar-refractivity contribution >= 4 is 15.9 Å². The minimum absolute atomic E-state index is 0.108. The van der Waals surface area contributed by atoms with Gasteiger partial charge < -0.3 is 4.74 Å². The Balaban J connectivity index is 0.00000126. The molecule has 2 aromatic carbocycles. The van der Waals surface area contributed by atoms with Gasteiger partial charge in [-0.2, -0.15) is 0 Å². The number of rotatable bonds is 4. The lowest BCUT2D eigenvalue weighted by atomic mass is 10.2. The highest BCUT2D eigenvalue weighted by Crippen LogP contribution is 2.26. The van der Waals surface area contributed by atoms with Crippen LogP contribution in [0.2, 0.25) is 0 Å². The SMILES string of the molecule is CC.Cc1cc(OCc2ccccc2)c(Br)c(=O)n1-c1c(F)cccc1F. The van der Waals surface area contributed by atoms with E-state index in [0.717, 1.165) is 22.3 Å². The average molecular weight is 436 g/mol. The van der Waals surface area contributed by atoms with Crippen LogP contribution in [0.1, 0.15) is 25.1 Å². The molecule has 3 nitrogen and oxygen atoms in total. The summed E-state index contributed by atoms with van der Waals surface area (Å²) in [5, 5.41) is 0. The molecule has 0 bridgehead atoms. The van der Waals surface area contributed by atoms with Crippen molar-refractivity contribution in [3.8, 4) is 11.4 Å². The number of halogens is 3. The Morgan fingerprint density at radius 2 is 1.59 bits per heavy atom. The molecule has 0 aliphatic rings. The van der Waals surface area contributed by atoms with Crippen LogP contribution >= 0.6 is 15.9 Å². The Bertz CT molecular complexity index is 952. The first-order chi connectivity index (χ1) is 13.0. The second kappa shape index (κ2) is 9.46. The van der Waals surface area contributed by atoms with E-state index in [9.17, 15) is 13.6 Å². The van der Waals surface area contributed by atoms with Crippen molar-refractivity contribution in [3.63, 3.8) is 0 Å². The van der Waals surface area contributed by atoms with E-state index in [1.54, 1.807) is 13.0 Å². The Labute approximate surface area is 165 Å². The van der Waals surface area contributed by atoms with Crippen molar-refractivity contribution in [2.45, 2.75) is 27.4 Å². The van der Waals surface area contributed by atoms with Crippen LogP contribution in [0.25, 0.3) is 5.69 Å². The van der Waals surface area contributed by atoms with Gasteiger partial charge in [-0.05, 0) is 40.5 Å². The maximum absolute atomic E-state index is 14.1. The summed E-state index contributed by atoms with van der Waals surface area (Å²) >= 11 is 3.18. The second-order valence-electron chi connectivity index (χ2n) is 5.45. The molecule has 0 unspecified atom stereocenters. The maximum atomic E-state index is 14.1. The molecule has 0 aliphatic carbocycles. The van der Waals surface area contributed by atoms with Crippen molar-refractivity contribution in [1.82, 2.24) is 4.57 Å². The first-order valence-corrected chi connectivity index (χ1v) is 9.31. The minimum Gasteiger partial charge on any atom is -0.487 e. The van der Waals surface area contributed by atoms with Crippen LogP contribution in [0, 0.1) is 18.6 Å². The van der Waals surface area contributed by atoms with Crippen LogP contribution in [0.3, 0.4) is 0 Å². The number of para-hydroxylation sites is 1. The topological polar surface area (TPSA) is 31.2 Å². The van der Waals surface area contributed by atoms with Crippen LogP contribution in [-0.4, -0.2) is 4.57 Å². The maximum Gasteiger partial charge on any atom is 0.273 e. The number of nitrogens with zero attached hydrogens (tertiary/aromatic N) is 1. The van der Waals surface area contributed by atoms with Crippen molar-refractivity contribution in [3.05, 3.63) is 92.3 Å². The third kappa shape index (κ3) is 4.63. The first kappa shape index (κ1) is 20.8. The fourth-order valence-electron chi connectivity index (χ4n) is 2.50. The predicted molar refractivity (Wildman–Crippen MR) is 107 cm³/mol. The van der Waals surface area contributed by atoms with Crippen LogP contribution in [0.4, 0.5) is 8.78 Å². The molecule has 0 N–H and O–H groups in total. The van der Waals surface area contributed by atoms with Crippen molar-refractivity contribution in [2.24, 2.45) is 0 Å². The van der Waals surface area contributed by atoms with E-state index >= 15 is 0 Å². The number of hydrogen-bond donors (Lipinski definition) is 0. The highest BCUT2D eigenvalue weighted by molar-refractivity contribution is 9.10. The second-order valence-corrected chi connectivity index (χ2v) is 6.24. The highest BCUT2D eigenvalue weighted by Gasteiger charge is 2.18. The molecule has 142 valence electrons. The molecule has 0 aliphatic heterocycles. The van der Waals surface area contributed by atoms with Gasteiger partial charge >= 0.3 is 0 Å². The summed E-state index contributed by atoms with van der Waals surface area (Å²) in [6.45, 7) is 5.87. The standard InChI is InChI=1S/C19H14BrF2NO2.C2H6/c1-12-10-16(25-11-13-6-3-2-4-7-13)17(20)19(24)23(12)18-14(21)8-5-9-15(18)22;1-2/h2-10H,11H2,1H3;1-2H3. The number of ether oxygens (including phenoxy) is 1. The first-order valence-electron chi connectivity index (χ1n) is 8.52. The molecule has 0 amide bonds. The monoisotopic (exact) mass is 435 g/mol. The fourth-order valence-corrected chi connectivity index (χ4v) is 2.91. The van der Waals surface area contributed by atoms with E-state index in [1.165, 1.54) is 6.07 Å². The number of pyridine rings is 1. The van der Waals surface area contributed by atoms with E-state index in [4.69, 9.17) is 4.74 Å². The van der Waals surface area contributed by atoms with Gasteiger partial charge in [0.25, 0.3) is 5.56 Å². The van der Waals surface area contributed by atoms with Gasteiger partial charge in [0, 0.05) is 11.8 Å². The molecule has 0 saturated carbocycles. The Hall–Kier alpha value is -2.47. The largest absolute Gasteiger partial charge is 0.487 e. The van der Waals surface area contributed by atoms with Crippen LogP contribution in [-0.2, 0) is 6.61 Å². The van der Waals surface area contributed by atoms with Crippen molar-refractivity contribution in [1.29, 1.82) is 0 Å². The normalized spacial score (nSPS) is 10.1. The Kier molecular flexibility index (Phi) is 7.30. The number of aromatic nitrogens is 1. The zero-order valence-corrected chi connectivity index (χ0v) is 16.9. The van der Waals surface area contributed by atoms with Gasteiger partial charge in [0.1, 0.15) is 34.2 Å². The Morgan fingerprint density at radius 3 is 2.19 bits per heavy atom. The van der Waals surface area contributed by atoms with Crippen LogP contribution in [0.15, 0.2) is 63.9 Å². The van der Waals surface area contributed by atoms with Gasteiger partial charge in [0.05, 0.1) is 0 Å². The summed E-state index contributed by atoms with van der Waals surface area (Å²) in [5.41, 5.74) is 0.309. The molecule has 0 spiro atoms. The van der Waals surface area contributed by atoms with Gasteiger partial charge in [-0.3, -0.25) is 9.36 Å². The van der Waals surface area contributed by atoms with Gasteiger partial charge in [0.2, 0.25) is 0 Å². The lowest BCUT2D eigenvalue weighted by Gasteiger charge is -2.15. The molecule has 0 radical (unpaired) electrons. The molecular weight excluding hydrogens is 416 g/mol. The number of hydrogen-bond acceptors (Lipinski definition) is 2. The Morgan fingerprint density at radius 1 is 1.00 bits per heavy atom. The van der Waals surface area contributed by atoms with Crippen LogP contribution in [0.5, 0.6) is 5.75 Å². The predicted octanol–water partition coefficient (Wildman–Crippen LogP) is 5.79. The minimum atomic E-state index is -0.810. The average Bonchev–Trinajstić information content (AvgIpc) is 2.68. The molecule has 3 aromatic rings. The van der Waals surface area contributed by atoms with E-state index in [0.29, 0.717) is 11.4 Å². The van der Waals surface area contributed by atoms with Crippen molar-refractivity contribution in [2.75, 3.05) is 0 Å². The van der Waals surface area contributed by atoms with Gasteiger partial charge in [-0.15, -0.1) is 0 Å². The number of benzene rings is 2. The zero-order chi connectivity index (χ0) is 20.0. The summed E-state index contributed by atoms with van der Waals surface area (Å²) in [6, 6.07) is 14.5. The lowest BCUT2D eigenvalue weighted by Crippen LogP contribution is -2.24. The van der Waals surface area contributed by atoms with E-state index in [1.807, 2.05) is 44.2 Å². The molecule has 6 heteroatoms. The third-order valence-corrected chi connectivity index (χ3v) is 4.43. The van der Waals surface area contributed by atoms with Gasteiger partial charge in [0.15, 0.2) is 0 Å². The number of aryl methyl sites for hydroxylation is 1. The molecular formula is C21H20BrF2NO2. The lowest BCUT2D eigenvalue weighted by molar-refractivity contribution is 0.302. The summed E-state index contributed by atoms with van der Waals surface area (Å²) in [5.74, 6) is -1.30. The summed E-state index contributed by atoms with van der Waals surface area (Å²) in [6.07, 6.45) is 0. The smallest absolute Gasteiger partial charge is 0.273 e. The molecule has 27 heavy (non-hydrogen) atoms. The molecule has 1 aromatic heterocycles. The van der Waals surface area contributed by atoms with Gasteiger partial charge in [-0.25, -0.2) is 8.78 Å². The zero-order valence-electron chi connectivity index (χ0n) is 15.3. The highest BCUT2D eigenvalue weighted by atomic mass is 79.9. The summed E-state index contributed by atoms with van der Waals surface area (Å²) in [4.78, 5) is 12.6. The van der Waals surface area contributed by atoms with Crippen molar-refractivity contribution < 1.29 is 13.5 Å². The van der Waals surface area contributed by atoms with E-state index in [-0.39, 0.29) is 11.1 Å². The summed E-state index contributed by atoms with van der Waals surface area (Å²) in [7, 11) is 0. The third-order valence-electron chi connectivity index (χ3n) is 3.70. The van der Waals surface area contributed by atoms with Gasteiger partial charge in [-0.1, -0.05) is 50.2 Å². The fraction of sp³-hybridized carbons (Fsp3) is 0.190. The van der Waals surface area contributed by atoms with E-state index in [2.05, 4.69) is 15.9 Å². The molecule has 0 atom stereocenters. The van der Waals surface area contributed by atoms with Crippen LogP contribution < -0.4 is 10.3 Å². The molecule has 0 fully saturated rings. The quantitative estimate of drug-likeness (QED) is 0.518. The molecule has 0 saturated heterocycles. The van der Waals surface area contributed by atoms with E-state index < -0.39 is 22.9 Å².